The van der Waals surface area contributed by atoms with Gasteiger partial charge in [-0.25, -0.2) is 13.1 Å². The van der Waals surface area contributed by atoms with Crippen molar-refractivity contribution in [2.75, 3.05) is 6.26 Å². The van der Waals surface area contributed by atoms with Crippen molar-refractivity contribution in [3.8, 4) is 5.75 Å². The number of rotatable bonds is 6. The quantitative estimate of drug-likeness (QED) is 0.779. The van der Waals surface area contributed by atoms with Crippen LogP contribution in [-0.2, 0) is 16.6 Å². The summed E-state index contributed by atoms with van der Waals surface area (Å²) in [5.74, 6) is -0.478. The topological polar surface area (TPSA) is 55.4 Å². The zero-order valence-corrected chi connectivity index (χ0v) is 14.1. The first-order valence-electron chi connectivity index (χ1n) is 6.68. The van der Waals surface area contributed by atoms with E-state index < -0.39 is 22.1 Å². The maximum Gasteiger partial charge on any atom is 0.573 e. The maximum atomic E-state index is 12.1. The van der Waals surface area contributed by atoms with Gasteiger partial charge in [-0.3, -0.25) is 0 Å². The van der Waals surface area contributed by atoms with E-state index in [4.69, 9.17) is 0 Å². The summed E-state index contributed by atoms with van der Waals surface area (Å²) in [7, 11) is -3.83. The van der Waals surface area contributed by atoms with Gasteiger partial charge in [-0.15, -0.1) is 24.9 Å². The van der Waals surface area contributed by atoms with Crippen LogP contribution < -0.4 is 9.46 Å². The molecule has 0 unspecified atom stereocenters. The molecule has 0 saturated heterocycles. The summed E-state index contributed by atoms with van der Waals surface area (Å²) >= 11 is 1.57. The third-order valence-electron chi connectivity index (χ3n) is 2.99. The predicted molar refractivity (Wildman–Crippen MR) is 85.4 cm³/mol. The fraction of sp³-hybridized carbons (Fsp3) is 0.200. The van der Waals surface area contributed by atoms with Gasteiger partial charge in [0.25, 0.3) is 0 Å². The van der Waals surface area contributed by atoms with Crippen LogP contribution in [0.4, 0.5) is 13.2 Å². The fourth-order valence-corrected chi connectivity index (χ4v) is 3.25. The molecule has 130 valence electrons. The third kappa shape index (κ3) is 5.43. The first-order chi connectivity index (χ1) is 11.2. The van der Waals surface area contributed by atoms with Crippen molar-refractivity contribution in [1.29, 1.82) is 0 Å². The van der Waals surface area contributed by atoms with Crippen LogP contribution in [-0.4, -0.2) is 21.0 Å². The largest absolute Gasteiger partial charge is 0.573 e. The van der Waals surface area contributed by atoms with Gasteiger partial charge in [0.15, 0.2) is 0 Å². The molecule has 9 heteroatoms. The molecule has 0 atom stereocenters. The first-order valence-corrected chi connectivity index (χ1v) is 9.39. The van der Waals surface area contributed by atoms with Crippen molar-refractivity contribution in [3.63, 3.8) is 0 Å². The summed E-state index contributed by atoms with van der Waals surface area (Å²) in [5, 5.41) is 0. The Morgan fingerprint density at radius 3 is 2.12 bits per heavy atom. The lowest BCUT2D eigenvalue weighted by molar-refractivity contribution is -0.274. The van der Waals surface area contributed by atoms with Crippen LogP contribution in [0.15, 0.2) is 58.3 Å². The standard InChI is InChI=1S/C15H14F3NO3S2/c1-23-13-6-2-11(3-7-13)10-19-24(20,21)14-8-4-12(5-9-14)22-15(16,17)18/h2-9,19H,10H2,1H3. The van der Waals surface area contributed by atoms with Crippen LogP contribution in [0.2, 0.25) is 0 Å². The van der Waals surface area contributed by atoms with Crippen molar-refractivity contribution < 1.29 is 26.3 Å². The molecule has 24 heavy (non-hydrogen) atoms. The van der Waals surface area contributed by atoms with E-state index in [1.54, 1.807) is 23.9 Å². The second-order valence-electron chi connectivity index (χ2n) is 4.69. The van der Waals surface area contributed by atoms with E-state index in [0.717, 1.165) is 34.7 Å². The van der Waals surface area contributed by atoms with E-state index in [-0.39, 0.29) is 11.4 Å². The summed E-state index contributed by atoms with van der Waals surface area (Å²) in [6.07, 6.45) is -2.88. The van der Waals surface area contributed by atoms with Crippen LogP contribution in [0, 0.1) is 0 Å². The highest BCUT2D eigenvalue weighted by molar-refractivity contribution is 7.98. The first kappa shape index (κ1) is 18.6. The fourth-order valence-electron chi connectivity index (χ4n) is 1.83. The monoisotopic (exact) mass is 377 g/mol. The minimum Gasteiger partial charge on any atom is -0.406 e. The van der Waals surface area contributed by atoms with Gasteiger partial charge in [-0.05, 0) is 48.2 Å². The molecule has 2 rings (SSSR count). The number of hydrogen-bond donors (Lipinski definition) is 1. The smallest absolute Gasteiger partial charge is 0.406 e. The zero-order chi connectivity index (χ0) is 17.8. The molecule has 0 aliphatic carbocycles. The van der Waals surface area contributed by atoms with Crippen molar-refractivity contribution >= 4 is 21.8 Å². The molecule has 0 amide bonds. The van der Waals surface area contributed by atoms with E-state index in [2.05, 4.69) is 9.46 Å². The van der Waals surface area contributed by atoms with Gasteiger partial charge < -0.3 is 4.74 Å². The molecular formula is C15H14F3NO3S2. The van der Waals surface area contributed by atoms with E-state index in [0.29, 0.717) is 0 Å². The van der Waals surface area contributed by atoms with Gasteiger partial charge in [0.05, 0.1) is 4.90 Å². The molecule has 2 aromatic carbocycles. The molecule has 0 spiro atoms. The molecule has 0 fully saturated rings. The predicted octanol–water partition coefficient (Wildman–Crippen LogP) is 3.79. The van der Waals surface area contributed by atoms with Crippen LogP contribution in [0.3, 0.4) is 0 Å². The highest BCUT2D eigenvalue weighted by Crippen LogP contribution is 2.24. The molecular weight excluding hydrogens is 363 g/mol. The summed E-state index contributed by atoms with van der Waals surface area (Å²) < 4.78 is 66.6. The van der Waals surface area contributed by atoms with Crippen molar-refractivity contribution in [1.82, 2.24) is 4.72 Å². The number of benzene rings is 2. The molecule has 0 heterocycles. The molecule has 2 aromatic rings. The Bertz CT molecular complexity index is 773. The second kappa shape index (κ2) is 7.45. The lowest BCUT2D eigenvalue weighted by Gasteiger charge is -2.10. The minimum atomic E-state index is -4.82. The maximum absolute atomic E-state index is 12.1. The molecule has 1 N–H and O–H groups in total. The van der Waals surface area contributed by atoms with Gasteiger partial charge in [0.2, 0.25) is 10.0 Å². The molecule has 0 radical (unpaired) electrons. The van der Waals surface area contributed by atoms with Gasteiger partial charge in [-0.1, -0.05) is 12.1 Å². The molecule has 0 bridgehead atoms. The number of ether oxygens (including phenoxy) is 1. The number of thioether (sulfide) groups is 1. The van der Waals surface area contributed by atoms with Crippen molar-refractivity contribution in [2.45, 2.75) is 22.7 Å². The van der Waals surface area contributed by atoms with Gasteiger partial charge in [0.1, 0.15) is 5.75 Å². The summed E-state index contributed by atoms with van der Waals surface area (Å²) in [6, 6.07) is 11.4. The average Bonchev–Trinajstić information content (AvgIpc) is 2.52. The number of halogens is 3. The molecule has 0 aromatic heterocycles. The third-order valence-corrected chi connectivity index (χ3v) is 5.15. The number of alkyl halides is 3. The van der Waals surface area contributed by atoms with E-state index in [1.807, 2.05) is 18.4 Å². The Kier molecular flexibility index (Phi) is 5.79. The van der Waals surface area contributed by atoms with E-state index >= 15 is 0 Å². The molecule has 4 nitrogen and oxygen atoms in total. The second-order valence-corrected chi connectivity index (χ2v) is 7.34. The Labute approximate surface area is 142 Å². The lowest BCUT2D eigenvalue weighted by atomic mass is 10.2. The Morgan fingerprint density at radius 1 is 1.04 bits per heavy atom. The number of hydrogen-bond acceptors (Lipinski definition) is 4. The number of sulfonamides is 1. The highest BCUT2D eigenvalue weighted by Gasteiger charge is 2.31. The van der Waals surface area contributed by atoms with Crippen LogP contribution in [0.1, 0.15) is 5.56 Å². The molecule has 0 aliphatic rings. The summed E-state index contributed by atoms with van der Waals surface area (Å²) in [4.78, 5) is 0.916. The molecule has 0 saturated carbocycles. The van der Waals surface area contributed by atoms with Gasteiger partial charge in [-0.2, -0.15) is 0 Å². The molecule has 0 aliphatic heterocycles. The van der Waals surface area contributed by atoms with Gasteiger partial charge in [0, 0.05) is 11.4 Å². The minimum absolute atomic E-state index is 0.0811. The van der Waals surface area contributed by atoms with E-state index in [1.165, 1.54) is 0 Å². The Balaban J connectivity index is 2.03. The Morgan fingerprint density at radius 2 is 1.62 bits per heavy atom. The van der Waals surface area contributed by atoms with Crippen LogP contribution in [0.5, 0.6) is 5.75 Å². The van der Waals surface area contributed by atoms with Crippen LogP contribution >= 0.6 is 11.8 Å². The van der Waals surface area contributed by atoms with Crippen molar-refractivity contribution in [3.05, 3.63) is 54.1 Å². The Hall–Kier alpha value is -1.71. The van der Waals surface area contributed by atoms with E-state index in [9.17, 15) is 21.6 Å². The van der Waals surface area contributed by atoms with Gasteiger partial charge >= 0.3 is 6.36 Å². The lowest BCUT2D eigenvalue weighted by Crippen LogP contribution is -2.23. The number of nitrogens with one attached hydrogen (secondary N) is 1. The normalized spacial score (nSPS) is 12.2. The zero-order valence-electron chi connectivity index (χ0n) is 12.5. The highest BCUT2D eigenvalue weighted by atomic mass is 32.2. The summed E-state index contributed by atoms with van der Waals surface area (Å²) in [6.45, 7) is 0.0811. The average molecular weight is 377 g/mol. The van der Waals surface area contributed by atoms with Crippen molar-refractivity contribution in [2.24, 2.45) is 0 Å². The summed E-state index contributed by atoms with van der Waals surface area (Å²) in [5.41, 5.74) is 0.772. The SMILES string of the molecule is CSc1ccc(CNS(=O)(=O)c2ccc(OC(F)(F)F)cc2)cc1. The van der Waals surface area contributed by atoms with Crippen LogP contribution in [0.25, 0.3) is 0 Å².